The third kappa shape index (κ3) is 4.08. The highest BCUT2D eigenvalue weighted by Crippen LogP contribution is 2.31. The molecule has 2 aromatic heterocycles. The average molecular weight is 383 g/mol. The summed E-state index contributed by atoms with van der Waals surface area (Å²) in [5, 5.41) is 5.10. The number of urea groups is 1. The molecule has 9 nitrogen and oxygen atoms in total. The van der Waals surface area contributed by atoms with Gasteiger partial charge in [0.2, 0.25) is 12.3 Å². The smallest absolute Gasteiger partial charge is 0.329 e. The zero-order valence-corrected chi connectivity index (χ0v) is 15.9. The van der Waals surface area contributed by atoms with Crippen molar-refractivity contribution in [1.29, 1.82) is 0 Å². The number of carbonyl (C=O) groups excluding carboxylic acids is 3. The summed E-state index contributed by atoms with van der Waals surface area (Å²) >= 11 is 0. The zero-order chi connectivity index (χ0) is 20.3. The van der Waals surface area contributed by atoms with Gasteiger partial charge >= 0.3 is 6.03 Å². The van der Waals surface area contributed by atoms with Crippen LogP contribution in [0.15, 0.2) is 30.5 Å². The fourth-order valence-electron chi connectivity index (χ4n) is 2.80. The molecule has 4 amide bonds. The van der Waals surface area contributed by atoms with E-state index in [1.807, 2.05) is 13.8 Å². The number of amides is 4. The summed E-state index contributed by atoms with van der Waals surface area (Å²) in [5.74, 6) is 1.45. The number of carbonyl (C=O) groups is 3. The van der Waals surface area contributed by atoms with Crippen LogP contribution in [-0.4, -0.2) is 39.8 Å². The van der Waals surface area contributed by atoms with Gasteiger partial charge in [0, 0.05) is 24.2 Å². The number of likely N-dealkylation sites (tertiary alicyclic amines) is 1. The Hall–Kier alpha value is -3.49. The number of hydrogen-bond acceptors (Lipinski definition) is 6. The molecule has 2 N–H and O–H groups in total. The Morgan fingerprint density at radius 3 is 2.71 bits per heavy atom. The van der Waals surface area contributed by atoms with Crippen LogP contribution in [0.5, 0.6) is 11.5 Å². The molecule has 3 rings (SSSR count). The Morgan fingerprint density at radius 1 is 1.29 bits per heavy atom. The Balaban J connectivity index is 1.69. The Morgan fingerprint density at radius 2 is 2.07 bits per heavy atom. The van der Waals surface area contributed by atoms with Crippen LogP contribution in [0.25, 0.3) is 0 Å². The molecule has 0 radical (unpaired) electrons. The van der Waals surface area contributed by atoms with Crippen LogP contribution < -0.4 is 15.4 Å². The fourth-order valence-corrected chi connectivity index (χ4v) is 2.80. The summed E-state index contributed by atoms with van der Waals surface area (Å²) in [6.07, 6.45) is 2.67. The molecule has 3 heterocycles. The molecular weight excluding hydrogens is 362 g/mol. The highest BCUT2D eigenvalue weighted by molar-refractivity contribution is 6.03. The van der Waals surface area contributed by atoms with Gasteiger partial charge in [-0.25, -0.2) is 14.8 Å². The minimum absolute atomic E-state index is 0.195. The summed E-state index contributed by atoms with van der Waals surface area (Å²) in [7, 11) is 0. The van der Waals surface area contributed by atoms with Gasteiger partial charge in [-0.2, -0.15) is 0 Å². The van der Waals surface area contributed by atoms with E-state index in [9.17, 15) is 14.4 Å². The summed E-state index contributed by atoms with van der Waals surface area (Å²) < 4.78 is 5.76. The fraction of sp³-hybridized carbons (Fsp3) is 0.316. The monoisotopic (exact) mass is 383 g/mol. The molecular formula is C19H21N5O4. The molecule has 0 atom stereocenters. The first-order chi connectivity index (χ1) is 13.3. The van der Waals surface area contributed by atoms with Gasteiger partial charge in [0.05, 0.1) is 5.69 Å². The maximum absolute atomic E-state index is 12.4. The molecule has 0 unspecified atom stereocenters. The van der Waals surface area contributed by atoms with Gasteiger partial charge < -0.3 is 10.1 Å². The predicted octanol–water partition coefficient (Wildman–Crippen LogP) is 2.94. The molecule has 2 aromatic rings. The Labute approximate surface area is 162 Å². The minimum atomic E-state index is -0.527. The van der Waals surface area contributed by atoms with Crippen molar-refractivity contribution in [2.75, 3.05) is 17.2 Å². The van der Waals surface area contributed by atoms with Crippen LogP contribution in [0.4, 0.5) is 16.4 Å². The summed E-state index contributed by atoms with van der Waals surface area (Å²) in [6, 6.07) is 5.99. The van der Waals surface area contributed by atoms with Gasteiger partial charge in [0.1, 0.15) is 23.1 Å². The van der Waals surface area contributed by atoms with Crippen molar-refractivity contribution in [3.8, 4) is 11.5 Å². The van der Waals surface area contributed by atoms with Crippen LogP contribution in [0.2, 0.25) is 0 Å². The van der Waals surface area contributed by atoms with Gasteiger partial charge in [-0.3, -0.25) is 19.8 Å². The minimum Gasteiger partial charge on any atom is -0.455 e. The summed E-state index contributed by atoms with van der Waals surface area (Å²) in [5.41, 5.74) is 0.0214. The SMILES string of the molecule is Cc1nc(NC(=O)N2CCC(C)(C)C2=O)ccc1Oc1ccnc(NC=O)c1. The molecule has 1 saturated heterocycles. The maximum Gasteiger partial charge on any atom is 0.329 e. The third-order valence-corrected chi connectivity index (χ3v) is 4.47. The van der Waals surface area contributed by atoms with Crippen molar-refractivity contribution in [3.05, 3.63) is 36.2 Å². The van der Waals surface area contributed by atoms with E-state index in [1.54, 1.807) is 31.2 Å². The molecule has 1 aliphatic rings. The molecule has 28 heavy (non-hydrogen) atoms. The number of rotatable bonds is 5. The van der Waals surface area contributed by atoms with Gasteiger partial charge in [-0.15, -0.1) is 0 Å². The van der Waals surface area contributed by atoms with Crippen LogP contribution in [-0.2, 0) is 9.59 Å². The number of anilines is 2. The second-order valence-electron chi connectivity index (χ2n) is 7.04. The first kappa shape index (κ1) is 19.3. The van der Waals surface area contributed by atoms with E-state index in [1.165, 1.54) is 11.1 Å². The molecule has 0 bridgehead atoms. The first-order valence-electron chi connectivity index (χ1n) is 8.75. The summed E-state index contributed by atoms with van der Waals surface area (Å²) in [4.78, 5) is 44.6. The van der Waals surface area contributed by atoms with Gasteiger partial charge in [-0.05, 0) is 31.5 Å². The van der Waals surface area contributed by atoms with Gasteiger partial charge in [0.15, 0.2) is 0 Å². The zero-order valence-electron chi connectivity index (χ0n) is 15.9. The standard InChI is InChI=1S/C19H21N5O4/c1-12-14(28-13-6-8-20-16(10-13)21-11-25)4-5-15(22-12)23-18(27)24-9-7-19(2,3)17(24)26/h4-6,8,10-11H,7,9H2,1-3H3,(H,20,21,25)(H,22,23,27). The molecule has 0 spiro atoms. The molecule has 146 valence electrons. The number of hydrogen-bond donors (Lipinski definition) is 2. The lowest BCUT2D eigenvalue weighted by atomic mass is 9.92. The second-order valence-corrected chi connectivity index (χ2v) is 7.04. The first-order valence-corrected chi connectivity index (χ1v) is 8.75. The molecule has 9 heteroatoms. The average Bonchev–Trinajstić information content (AvgIpc) is 2.91. The second kappa shape index (κ2) is 7.63. The molecule has 0 saturated carbocycles. The largest absolute Gasteiger partial charge is 0.455 e. The van der Waals surface area contributed by atoms with Gasteiger partial charge in [-0.1, -0.05) is 13.8 Å². The summed E-state index contributed by atoms with van der Waals surface area (Å²) in [6.45, 7) is 5.77. The highest BCUT2D eigenvalue weighted by Gasteiger charge is 2.41. The van der Waals surface area contributed by atoms with E-state index in [4.69, 9.17) is 4.74 Å². The molecule has 1 fully saturated rings. The van der Waals surface area contributed by atoms with E-state index in [-0.39, 0.29) is 5.91 Å². The van der Waals surface area contributed by atoms with E-state index >= 15 is 0 Å². The number of ether oxygens (including phenoxy) is 1. The van der Waals surface area contributed by atoms with Crippen LogP contribution in [0, 0.1) is 12.3 Å². The maximum atomic E-state index is 12.4. The van der Waals surface area contributed by atoms with Crippen LogP contribution in [0.3, 0.4) is 0 Å². The lowest BCUT2D eigenvalue weighted by Crippen LogP contribution is -2.39. The topological polar surface area (TPSA) is 114 Å². The van der Waals surface area contributed by atoms with E-state index < -0.39 is 11.4 Å². The number of nitrogens with zero attached hydrogens (tertiary/aromatic N) is 3. The number of aromatic nitrogens is 2. The number of pyridine rings is 2. The van der Waals surface area contributed by atoms with Gasteiger partial charge in [0.25, 0.3) is 0 Å². The van der Waals surface area contributed by atoms with Crippen molar-refractivity contribution >= 4 is 30.0 Å². The Bertz CT molecular complexity index is 928. The molecule has 1 aliphatic heterocycles. The number of aryl methyl sites for hydroxylation is 1. The number of imide groups is 1. The van der Waals surface area contributed by atoms with Crippen LogP contribution in [0.1, 0.15) is 26.0 Å². The van der Waals surface area contributed by atoms with Crippen molar-refractivity contribution in [2.45, 2.75) is 27.2 Å². The van der Waals surface area contributed by atoms with Crippen molar-refractivity contribution < 1.29 is 19.1 Å². The van der Waals surface area contributed by atoms with Crippen LogP contribution >= 0.6 is 0 Å². The molecule has 0 aromatic carbocycles. The van der Waals surface area contributed by atoms with E-state index in [2.05, 4.69) is 20.6 Å². The lowest BCUT2D eigenvalue weighted by molar-refractivity contribution is -0.131. The third-order valence-electron chi connectivity index (χ3n) is 4.47. The van der Waals surface area contributed by atoms with Crippen molar-refractivity contribution in [2.24, 2.45) is 5.41 Å². The quantitative estimate of drug-likeness (QED) is 0.768. The number of nitrogens with one attached hydrogen (secondary N) is 2. The van der Waals surface area contributed by atoms with Crippen molar-refractivity contribution in [3.63, 3.8) is 0 Å². The van der Waals surface area contributed by atoms with Crippen molar-refractivity contribution in [1.82, 2.24) is 14.9 Å². The lowest BCUT2D eigenvalue weighted by Gasteiger charge is -2.18. The normalized spacial score (nSPS) is 15.2. The van der Waals surface area contributed by atoms with E-state index in [0.29, 0.717) is 48.2 Å². The predicted molar refractivity (Wildman–Crippen MR) is 102 cm³/mol. The molecule has 0 aliphatic carbocycles. The highest BCUT2D eigenvalue weighted by atomic mass is 16.5. The van der Waals surface area contributed by atoms with E-state index in [0.717, 1.165) is 0 Å². The Kier molecular flexibility index (Phi) is 5.25.